The van der Waals surface area contributed by atoms with E-state index in [2.05, 4.69) is 42.0 Å². The summed E-state index contributed by atoms with van der Waals surface area (Å²) in [4.78, 5) is 6.83. The van der Waals surface area contributed by atoms with E-state index in [1.54, 1.807) is 0 Å². The van der Waals surface area contributed by atoms with Crippen LogP contribution in [0.5, 0.6) is 0 Å². The molecule has 122 valence electrons. The number of anilines is 1. The van der Waals surface area contributed by atoms with Crippen LogP contribution in [0.15, 0.2) is 30.5 Å². The Bertz CT molecular complexity index is 671. The number of hydrogen-bond donors (Lipinski definition) is 1. The van der Waals surface area contributed by atoms with Crippen molar-refractivity contribution in [2.75, 3.05) is 25.0 Å². The normalized spacial score (nSPS) is 12.3. The van der Waals surface area contributed by atoms with Crippen molar-refractivity contribution in [3.05, 3.63) is 36.0 Å². The number of aromatic nitrogens is 1. The Labute approximate surface area is 139 Å². The van der Waals surface area contributed by atoms with E-state index in [0.29, 0.717) is 11.6 Å². The molecule has 2 aromatic rings. The summed E-state index contributed by atoms with van der Waals surface area (Å²) in [5.41, 5.74) is 2.65. The first-order valence-corrected chi connectivity index (χ1v) is 8.45. The van der Waals surface area contributed by atoms with Gasteiger partial charge in [-0.15, -0.1) is 0 Å². The third-order valence-electron chi connectivity index (χ3n) is 4.28. The third-order valence-corrected chi connectivity index (χ3v) is 4.28. The Morgan fingerprint density at radius 3 is 2.74 bits per heavy atom. The molecule has 0 amide bonds. The zero-order valence-corrected chi connectivity index (χ0v) is 14.3. The second-order valence-corrected chi connectivity index (χ2v) is 5.92. The highest BCUT2D eigenvalue weighted by Gasteiger charge is 2.08. The lowest BCUT2D eigenvalue weighted by atomic mass is 10.1. The predicted molar refractivity (Wildman–Crippen MR) is 96.6 cm³/mol. The van der Waals surface area contributed by atoms with Crippen LogP contribution in [-0.4, -0.2) is 35.6 Å². The van der Waals surface area contributed by atoms with Crippen LogP contribution in [0.3, 0.4) is 0 Å². The molecule has 0 aliphatic carbocycles. The Balaban J connectivity index is 2.02. The lowest BCUT2D eigenvalue weighted by Crippen LogP contribution is -2.25. The monoisotopic (exact) mass is 310 g/mol. The molecular formula is C19H26N4. The Kier molecular flexibility index (Phi) is 6.37. The van der Waals surface area contributed by atoms with Gasteiger partial charge in [0.15, 0.2) is 0 Å². The lowest BCUT2D eigenvalue weighted by Gasteiger charge is -2.20. The minimum absolute atomic E-state index is 0.391. The van der Waals surface area contributed by atoms with Crippen molar-refractivity contribution < 1.29 is 0 Å². The number of benzene rings is 1. The Morgan fingerprint density at radius 1 is 1.26 bits per heavy atom. The highest BCUT2D eigenvalue weighted by atomic mass is 15.1. The van der Waals surface area contributed by atoms with Gasteiger partial charge < -0.3 is 10.2 Å². The zero-order chi connectivity index (χ0) is 16.7. The molecule has 1 aromatic carbocycles. The van der Waals surface area contributed by atoms with Crippen LogP contribution in [0.4, 0.5) is 5.69 Å². The van der Waals surface area contributed by atoms with E-state index in [-0.39, 0.29) is 0 Å². The molecule has 1 aromatic heterocycles. The fourth-order valence-electron chi connectivity index (χ4n) is 2.84. The average molecular weight is 310 g/mol. The van der Waals surface area contributed by atoms with Gasteiger partial charge in [0, 0.05) is 23.3 Å². The standard InChI is InChI=1S/C19H26N4/c1-4-23(5-2)12-6-7-15(3)22-19-10-11-21-18-9-8-16(14-20)13-17(18)19/h8-11,13,15H,4-7,12H2,1-3H3,(H,21,22). The van der Waals surface area contributed by atoms with Crippen molar-refractivity contribution in [1.82, 2.24) is 9.88 Å². The van der Waals surface area contributed by atoms with Crippen LogP contribution in [0.1, 0.15) is 39.2 Å². The van der Waals surface area contributed by atoms with Gasteiger partial charge in [-0.05, 0) is 63.7 Å². The van der Waals surface area contributed by atoms with E-state index in [1.165, 1.54) is 6.42 Å². The maximum Gasteiger partial charge on any atom is 0.0991 e. The number of rotatable bonds is 8. The summed E-state index contributed by atoms with van der Waals surface area (Å²) in [7, 11) is 0. The Hall–Kier alpha value is -2.12. The molecule has 23 heavy (non-hydrogen) atoms. The minimum Gasteiger partial charge on any atom is -0.382 e. The number of nitriles is 1. The highest BCUT2D eigenvalue weighted by Crippen LogP contribution is 2.23. The summed E-state index contributed by atoms with van der Waals surface area (Å²) in [5, 5.41) is 13.7. The molecule has 0 aliphatic heterocycles. The number of fused-ring (bicyclic) bond motifs is 1. The highest BCUT2D eigenvalue weighted by molar-refractivity contribution is 5.92. The largest absolute Gasteiger partial charge is 0.382 e. The summed E-state index contributed by atoms with van der Waals surface area (Å²) in [6.07, 6.45) is 4.12. The van der Waals surface area contributed by atoms with Gasteiger partial charge in [-0.25, -0.2) is 0 Å². The van der Waals surface area contributed by atoms with Crippen LogP contribution in [-0.2, 0) is 0 Å². The van der Waals surface area contributed by atoms with Gasteiger partial charge in [0.25, 0.3) is 0 Å². The van der Waals surface area contributed by atoms with E-state index < -0.39 is 0 Å². The topological polar surface area (TPSA) is 52.0 Å². The van der Waals surface area contributed by atoms with E-state index in [1.807, 2.05) is 30.5 Å². The number of hydrogen-bond acceptors (Lipinski definition) is 4. The first-order valence-electron chi connectivity index (χ1n) is 8.45. The van der Waals surface area contributed by atoms with Gasteiger partial charge in [0.2, 0.25) is 0 Å². The maximum atomic E-state index is 9.09. The van der Waals surface area contributed by atoms with Crippen molar-refractivity contribution in [1.29, 1.82) is 5.26 Å². The molecule has 4 nitrogen and oxygen atoms in total. The van der Waals surface area contributed by atoms with Gasteiger partial charge in [0.1, 0.15) is 0 Å². The van der Waals surface area contributed by atoms with Crippen molar-refractivity contribution in [3.63, 3.8) is 0 Å². The van der Waals surface area contributed by atoms with Crippen LogP contribution >= 0.6 is 0 Å². The van der Waals surface area contributed by atoms with E-state index in [9.17, 15) is 0 Å². The smallest absolute Gasteiger partial charge is 0.0991 e. The fraction of sp³-hybridized carbons (Fsp3) is 0.474. The molecule has 1 N–H and O–H groups in total. The quantitative estimate of drug-likeness (QED) is 0.800. The first kappa shape index (κ1) is 17.2. The predicted octanol–water partition coefficient (Wildman–Crippen LogP) is 4.03. The molecule has 0 radical (unpaired) electrons. The number of pyridine rings is 1. The molecule has 1 unspecified atom stereocenters. The van der Waals surface area contributed by atoms with Gasteiger partial charge in [0.05, 0.1) is 17.1 Å². The fourth-order valence-corrected chi connectivity index (χ4v) is 2.84. The maximum absolute atomic E-state index is 9.09. The average Bonchev–Trinajstić information content (AvgIpc) is 2.58. The summed E-state index contributed by atoms with van der Waals surface area (Å²) in [6, 6.07) is 10.2. The molecule has 0 saturated heterocycles. The summed E-state index contributed by atoms with van der Waals surface area (Å²) >= 11 is 0. The van der Waals surface area contributed by atoms with Crippen molar-refractivity contribution in [2.24, 2.45) is 0 Å². The lowest BCUT2D eigenvalue weighted by molar-refractivity contribution is 0.295. The second-order valence-electron chi connectivity index (χ2n) is 5.92. The molecule has 0 spiro atoms. The molecule has 0 bridgehead atoms. The SMILES string of the molecule is CCN(CC)CCCC(C)Nc1ccnc2ccc(C#N)cc12. The van der Waals surface area contributed by atoms with Gasteiger partial charge >= 0.3 is 0 Å². The van der Waals surface area contributed by atoms with Crippen LogP contribution in [0, 0.1) is 11.3 Å². The first-order chi connectivity index (χ1) is 11.2. The van der Waals surface area contributed by atoms with Crippen LogP contribution in [0.2, 0.25) is 0 Å². The third kappa shape index (κ3) is 4.67. The van der Waals surface area contributed by atoms with Gasteiger partial charge in [-0.1, -0.05) is 13.8 Å². The van der Waals surface area contributed by atoms with Crippen LogP contribution < -0.4 is 5.32 Å². The van der Waals surface area contributed by atoms with Crippen LogP contribution in [0.25, 0.3) is 10.9 Å². The molecule has 2 rings (SSSR count). The van der Waals surface area contributed by atoms with Crippen molar-refractivity contribution in [2.45, 2.75) is 39.7 Å². The summed E-state index contributed by atoms with van der Waals surface area (Å²) < 4.78 is 0. The van der Waals surface area contributed by atoms with Gasteiger partial charge in [-0.3, -0.25) is 4.98 Å². The molecule has 0 fully saturated rings. The van der Waals surface area contributed by atoms with E-state index in [0.717, 1.165) is 42.6 Å². The second kappa shape index (κ2) is 8.50. The number of nitrogens with one attached hydrogen (secondary N) is 1. The molecule has 0 aliphatic rings. The Morgan fingerprint density at radius 2 is 2.04 bits per heavy atom. The van der Waals surface area contributed by atoms with Gasteiger partial charge in [-0.2, -0.15) is 5.26 Å². The molecule has 1 atom stereocenters. The minimum atomic E-state index is 0.391. The molecular weight excluding hydrogens is 284 g/mol. The zero-order valence-electron chi connectivity index (χ0n) is 14.3. The summed E-state index contributed by atoms with van der Waals surface area (Å²) in [6.45, 7) is 10.0. The molecule has 4 heteroatoms. The van der Waals surface area contributed by atoms with Crippen molar-refractivity contribution >= 4 is 16.6 Å². The summed E-state index contributed by atoms with van der Waals surface area (Å²) in [5.74, 6) is 0. The molecule has 1 heterocycles. The van der Waals surface area contributed by atoms with E-state index in [4.69, 9.17) is 5.26 Å². The van der Waals surface area contributed by atoms with E-state index >= 15 is 0 Å². The van der Waals surface area contributed by atoms with Crippen molar-refractivity contribution in [3.8, 4) is 6.07 Å². The number of nitrogens with zero attached hydrogens (tertiary/aromatic N) is 3. The molecule has 0 saturated carbocycles.